The van der Waals surface area contributed by atoms with Gasteiger partial charge in [0.25, 0.3) is 0 Å². The molecule has 0 fully saturated rings. The molecule has 2 aromatic rings. The summed E-state index contributed by atoms with van der Waals surface area (Å²) in [6.07, 6.45) is -4.54. The molecular weight excluding hydrogens is 407 g/mol. The first kappa shape index (κ1) is 21.4. The number of esters is 1. The molecule has 1 aliphatic rings. The summed E-state index contributed by atoms with van der Waals surface area (Å²) in [4.78, 5) is 25.2. The minimum absolute atomic E-state index is 0.0552. The highest BCUT2D eigenvalue weighted by molar-refractivity contribution is 5.92. The molecule has 0 radical (unpaired) electrons. The Bertz CT molecular complexity index is 1040. The van der Waals surface area contributed by atoms with Crippen LogP contribution in [0.5, 0.6) is 5.75 Å². The number of carbonyl (C=O) groups excluding carboxylic acids is 1. The van der Waals surface area contributed by atoms with Crippen molar-refractivity contribution in [1.82, 2.24) is 0 Å². The molecule has 0 amide bonds. The first-order valence-corrected chi connectivity index (χ1v) is 8.78. The molecule has 1 aromatic heterocycles. The number of rotatable bonds is 5. The molecule has 0 saturated carbocycles. The highest BCUT2D eigenvalue weighted by Crippen LogP contribution is 2.42. The maximum atomic E-state index is 12.9. The molecule has 1 unspecified atom stereocenters. The summed E-state index contributed by atoms with van der Waals surface area (Å²) in [5, 5.41) is 0. The summed E-state index contributed by atoms with van der Waals surface area (Å²) >= 11 is 0. The first-order valence-electron chi connectivity index (χ1n) is 8.78. The zero-order chi connectivity index (χ0) is 22.1. The van der Waals surface area contributed by atoms with Gasteiger partial charge in [-0.05, 0) is 24.6 Å². The number of fused-ring (bicyclic) bond motifs is 1. The number of benzene rings is 1. The van der Waals surface area contributed by atoms with Gasteiger partial charge >= 0.3 is 17.8 Å². The number of hydrogen-bond acceptors (Lipinski definition) is 7. The van der Waals surface area contributed by atoms with Gasteiger partial charge < -0.3 is 24.4 Å². The molecule has 1 aromatic carbocycles. The van der Waals surface area contributed by atoms with Crippen molar-refractivity contribution in [3.05, 3.63) is 74.7 Å². The number of methoxy groups -OCH3 is 1. The van der Waals surface area contributed by atoms with Crippen LogP contribution in [0.4, 0.5) is 13.2 Å². The zero-order valence-electron chi connectivity index (χ0n) is 16.0. The fourth-order valence-electron chi connectivity index (χ4n) is 3.11. The van der Waals surface area contributed by atoms with E-state index in [1.807, 2.05) is 0 Å². The standard InChI is InChI=1S/C20H18F3NO6/c1-10-9-13-15(19(26)29-10)14(11-3-5-12(6-4-11)20(21,22)23)16(17(24)30-13)18(25)28-8-7-27-2/h3-6,9,14H,7-8,24H2,1-2H3. The third-order valence-electron chi connectivity index (χ3n) is 4.45. The number of carbonyl (C=O) groups is 1. The fraction of sp³-hybridized carbons (Fsp3) is 0.300. The Balaban J connectivity index is 2.13. The van der Waals surface area contributed by atoms with Crippen LogP contribution >= 0.6 is 0 Å². The van der Waals surface area contributed by atoms with Crippen LogP contribution in [0, 0.1) is 6.92 Å². The molecule has 1 aliphatic heterocycles. The van der Waals surface area contributed by atoms with Crippen molar-refractivity contribution in [2.45, 2.75) is 19.0 Å². The maximum Gasteiger partial charge on any atom is 0.416 e. The van der Waals surface area contributed by atoms with E-state index in [2.05, 4.69) is 0 Å². The summed E-state index contributed by atoms with van der Waals surface area (Å²) in [6, 6.07) is 5.44. The van der Waals surface area contributed by atoms with Crippen LogP contribution in [0.3, 0.4) is 0 Å². The van der Waals surface area contributed by atoms with Crippen LogP contribution in [-0.4, -0.2) is 26.3 Å². The van der Waals surface area contributed by atoms with Crippen molar-refractivity contribution in [3.8, 4) is 5.75 Å². The van der Waals surface area contributed by atoms with E-state index in [1.54, 1.807) is 0 Å². The lowest BCUT2D eigenvalue weighted by molar-refractivity contribution is -0.141. The highest BCUT2D eigenvalue weighted by Gasteiger charge is 2.39. The summed E-state index contributed by atoms with van der Waals surface area (Å²) in [7, 11) is 1.42. The fourth-order valence-corrected chi connectivity index (χ4v) is 3.11. The predicted octanol–water partition coefficient (Wildman–Crippen LogP) is 2.85. The minimum Gasteiger partial charge on any atom is -0.460 e. The molecule has 0 saturated heterocycles. The number of aryl methyl sites for hydroxylation is 1. The van der Waals surface area contributed by atoms with E-state index in [-0.39, 0.29) is 47.3 Å². The van der Waals surface area contributed by atoms with E-state index in [9.17, 15) is 22.8 Å². The Morgan fingerprint density at radius 2 is 1.87 bits per heavy atom. The van der Waals surface area contributed by atoms with Crippen LogP contribution in [0.1, 0.15) is 28.4 Å². The van der Waals surface area contributed by atoms with Gasteiger partial charge in [0.1, 0.15) is 23.7 Å². The average Bonchev–Trinajstić information content (AvgIpc) is 2.66. The molecule has 0 spiro atoms. The lowest BCUT2D eigenvalue weighted by Gasteiger charge is -2.27. The van der Waals surface area contributed by atoms with Gasteiger partial charge in [-0.15, -0.1) is 0 Å². The largest absolute Gasteiger partial charge is 0.460 e. The third-order valence-corrected chi connectivity index (χ3v) is 4.45. The van der Waals surface area contributed by atoms with Crippen molar-refractivity contribution in [1.29, 1.82) is 0 Å². The van der Waals surface area contributed by atoms with Crippen molar-refractivity contribution >= 4 is 5.97 Å². The van der Waals surface area contributed by atoms with Gasteiger partial charge in [0.15, 0.2) is 0 Å². The van der Waals surface area contributed by atoms with Gasteiger partial charge in [0.2, 0.25) is 5.88 Å². The molecule has 1 atom stereocenters. The predicted molar refractivity (Wildman–Crippen MR) is 97.7 cm³/mol. The van der Waals surface area contributed by atoms with Gasteiger partial charge in [-0.3, -0.25) is 0 Å². The molecule has 7 nitrogen and oxygen atoms in total. The molecule has 10 heteroatoms. The van der Waals surface area contributed by atoms with Gasteiger partial charge in [-0.1, -0.05) is 12.1 Å². The quantitative estimate of drug-likeness (QED) is 0.581. The molecule has 2 N–H and O–H groups in total. The molecule has 0 aliphatic carbocycles. The molecule has 2 heterocycles. The SMILES string of the molecule is COCCOC(=O)C1=C(N)Oc2cc(C)oc(=O)c2C1c1ccc(C(F)(F)F)cc1. The van der Waals surface area contributed by atoms with E-state index in [1.165, 1.54) is 20.1 Å². The van der Waals surface area contributed by atoms with E-state index in [0.29, 0.717) is 0 Å². The topological polar surface area (TPSA) is 101 Å². The number of hydrogen-bond donors (Lipinski definition) is 1. The van der Waals surface area contributed by atoms with Crippen LogP contribution in [0.2, 0.25) is 0 Å². The number of nitrogens with two attached hydrogens (primary N) is 1. The molecule has 3 rings (SSSR count). The van der Waals surface area contributed by atoms with Crippen LogP contribution in [-0.2, 0) is 20.4 Å². The zero-order valence-corrected chi connectivity index (χ0v) is 16.0. The molecule has 0 bridgehead atoms. The first-order chi connectivity index (χ1) is 14.1. The maximum absolute atomic E-state index is 12.9. The molecular formula is C20H18F3NO6. The number of alkyl halides is 3. The monoisotopic (exact) mass is 425 g/mol. The third kappa shape index (κ3) is 4.18. The van der Waals surface area contributed by atoms with Gasteiger partial charge in [-0.2, -0.15) is 13.2 Å². The Morgan fingerprint density at radius 3 is 2.47 bits per heavy atom. The normalized spacial score (nSPS) is 16.1. The van der Waals surface area contributed by atoms with Gasteiger partial charge in [-0.25, -0.2) is 9.59 Å². The van der Waals surface area contributed by atoms with E-state index in [0.717, 1.165) is 24.3 Å². The van der Waals surface area contributed by atoms with Crippen LogP contribution in [0.25, 0.3) is 0 Å². The smallest absolute Gasteiger partial charge is 0.416 e. The van der Waals surface area contributed by atoms with Gasteiger partial charge in [0, 0.05) is 13.2 Å². The number of ether oxygens (including phenoxy) is 3. The Kier molecular flexibility index (Phi) is 5.88. The summed E-state index contributed by atoms with van der Waals surface area (Å²) in [5.74, 6) is -2.05. The van der Waals surface area contributed by atoms with Crippen molar-refractivity contribution in [2.75, 3.05) is 20.3 Å². The summed E-state index contributed by atoms with van der Waals surface area (Å²) in [6.45, 7) is 1.54. The second-order valence-electron chi connectivity index (χ2n) is 6.48. The molecule has 160 valence electrons. The van der Waals surface area contributed by atoms with Crippen molar-refractivity contribution in [2.24, 2.45) is 5.73 Å². The second kappa shape index (κ2) is 8.23. The van der Waals surface area contributed by atoms with Gasteiger partial charge in [0.05, 0.1) is 23.7 Å². The second-order valence-corrected chi connectivity index (χ2v) is 6.48. The van der Waals surface area contributed by atoms with Crippen LogP contribution < -0.4 is 16.1 Å². The number of halogens is 3. The van der Waals surface area contributed by atoms with E-state index >= 15 is 0 Å². The minimum atomic E-state index is -4.54. The molecule has 30 heavy (non-hydrogen) atoms. The summed E-state index contributed by atoms with van der Waals surface area (Å²) < 4.78 is 59.3. The van der Waals surface area contributed by atoms with E-state index in [4.69, 9.17) is 24.4 Å². The Morgan fingerprint density at radius 1 is 1.20 bits per heavy atom. The average molecular weight is 425 g/mol. The van der Waals surface area contributed by atoms with E-state index < -0.39 is 29.3 Å². The lowest BCUT2D eigenvalue weighted by Crippen LogP contribution is -2.31. The Hall–Kier alpha value is -3.27. The lowest BCUT2D eigenvalue weighted by atomic mass is 9.83. The van der Waals surface area contributed by atoms with Crippen molar-refractivity contribution in [3.63, 3.8) is 0 Å². The Labute approximate surface area is 168 Å². The summed E-state index contributed by atoms with van der Waals surface area (Å²) in [5.41, 5.74) is 4.20. The van der Waals surface area contributed by atoms with Crippen LogP contribution in [0.15, 0.2) is 51.0 Å². The highest BCUT2D eigenvalue weighted by atomic mass is 19.4. The van der Waals surface area contributed by atoms with Crippen molar-refractivity contribution < 1.29 is 36.6 Å².